The Kier molecular flexibility index (Phi) is 10.5. The summed E-state index contributed by atoms with van der Waals surface area (Å²) in [5.41, 5.74) is 3.87. The third-order valence-electron chi connectivity index (χ3n) is 6.88. The smallest absolute Gasteiger partial charge is 0.250 e. The predicted octanol–water partition coefficient (Wildman–Crippen LogP) is 3.78. The number of sulfone groups is 1. The number of rotatable bonds is 12. The van der Waals surface area contributed by atoms with Crippen LogP contribution in [0.2, 0.25) is 0 Å². The minimum atomic E-state index is -3.60. The molecule has 2 aliphatic heterocycles. The van der Waals surface area contributed by atoms with E-state index in [0.29, 0.717) is 56.1 Å². The Hall–Kier alpha value is -2.35. The zero-order valence-corrected chi connectivity index (χ0v) is 23.7. The van der Waals surface area contributed by atoms with Crippen molar-refractivity contribution < 1.29 is 37.1 Å². The Bertz CT molecular complexity index is 1230. The molecule has 10 nitrogen and oxygen atoms in total. The van der Waals surface area contributed by atoms with Crippen LogP contribution < -0.4 is 10.8 Å². The summed E-state index contributed by atoms with van der Waals surface area (Å²) >= 11 is 1.35. The summed E-state index contributed by atoms with van der Waals surface area (Å²) in [5, 5.41) is 2.81. The van der Waals surface area contributed by atoms with Gasteiger partial charge in [-0.3, -0.25) is 9.59 Å². The molecule has 2 amide bonds. The molecule has 1 aromatic heterocycles. The molecule has 0 aliphatic carbocycles. The monoisotopic (exact) mass is 580 g/mol. The average Bonchev–Trinajstić information content (AvgIpc) is 3.43. The van der Waals surface area contributed by atoms with Gasteiger partial charge in [-0.05, 0) is 55.5 Å². The van der Waals surface area contributed by atoms with Gasteiger partial charge in [-0.25, -0.2) is 18.7 Å². The zero-order valence-electron chi connectivity index (χ0n) is 22.1. The van der Waals surface area contributed by atoms with Crippen molar-refractivity contribution >= 4 is 38.7 Å². The molecule has 39 heavy (non-hydrogen) atoms. The zero-order chi connectivity index (χ0) is 27.7. The maximum atomic E-state index is 13.5. The molecule has 0 saturated carbocycles. The number of amides is 2. The first-order valence-corrected chi connectivity index (χ1v) is 15.7. The van der Waals surface area contributed by atoms with Crippen molar-refractivity contribution in [3.63, 3.8) is 0 Å². The molecular weight excluding hydrogens is 544 g/mol. The van der Waals surface area contributed by atoms with E-state index >= 15 is 0 Å². The van der Waals surface area contributed by atoms with Crippen LogP contribution in [0.15, 0.2) is 36.4 Å². The second-order valence-corrected chi connectivity index (χ2v) is 13.2. The number of hydrogen-bond donors (Lipinski definition) is 2. The molecule has 2 saturated heterocycles. The van der Waals surface area contributed by atoms with E-state index in [1.54, 1.807) is 19.2 Å². The van der Waals surface area contributed by atoms with Gasteiger partial charge in [-0.1, -0.05) is 18.6 Å². The minimum Gasteiger partial charge on any atom is -0.382 e. The molecule has 0 radical (unpaired) electrons. The molecule has 1 aromatic carbocycles. The van der Waals surface area contributed by atoms with Crippen LogP contribution in [-0.4, -0.2) is 65.8 Å². The van der Waals surface area contributed by atoms with Crippen molar-refractivity contribution in [3.8, 4) is 10.4 Å². The summed E-state index contributed by atoms with van der Waals surface area (Å²) < 4.78 is 41.3. The summed E-state index contributed by atoms with van der Waals surface area (Å²) in [5.74, 6) is -0.732. The number of hydroxylamine groups is 1. The lowest BCUT2D eigenvalue weighted by Crippen LogP contribution is -2.45. The second-order valence-electron chi connectivity index (χ2n) is 9.72. The summed E-state index contributed by atoms with van der Waals surface area (Å²) in [7, 11) is -2.04. The quantitative estimate of drug-likeness (QED) is 0.287. The number of thiophene rings is 1. The first kappa shape index (κ1) is 29.6. The van der Waals surface area contributed by atoms with Crippen LogP contribution in [0, 0.1) is 0 Å². The fourth-order valence-electron chi connectivity index (χ4n) is 4.84. The fourth-order valence-corrected chi connectivity index (χ4v) is 8.61. The molecule has 4 rings (SSSR count). The Morgan fingerprint density at radius 1 is 1.10 bits per heavy atom. The van der Waals surface area contributed by atoms with Crippen LogP contribution in [0.25, 0.3) is 10.4 Å². The van der Waals surface area contributed by atoms with E-state index in [9.17, 15) is 18.0 Å². The Morgan fingerprint density at radius 3 is 2.74 bits per heavy atom. The molecule has 0 spiro atoms. The van der Waals surface area contributed by atoms with Crippen LogP contribution in [0.1, 0.15) is 49.8 Å². The topological polar surface area (TPSA) is 129 Å². The van der Waals surface area contributed by atoms with E-state index < -0.39 is 26.8 Å². The van der Waals surface area contributed by atoms with Gasteiger partial charge < -0.3 is 19.5 Å². The van der Waals surface area contributed by atoms with Gasteiger partial charge in [0.05, 0.1) is 25.4 Å². The number of ether oxygens (including phenoxy) is 3. The molecule has 2 aliphatic rings. The molecule has 0 bridgehead atoms. The van der Waals surface area contributed by atoms with Gasteiger partial charge in [0, 0.05) is 35.6 Å². The van der Waals surface area contributed by atoms with Gasteiger partial charge in [-0.2, -0.15) is 0 Å². The number of nitrogens with one attached hydrogen (secondary N) is 2. The molecule has 2 atom stereocenters. The maximum Gasteiger partial charge on any atom is 0.250 e. The molecule has 2 aromatic rings. The third kappa shape index (κ3) is 7.65. The van der Waals surface area contributed by atoms with E-state index in [-0.39, 0.29) is 24.7 Å². The second kappa shape index (κ2) is 13.8. The molecular formula is C27H36N2O8S2. The summed E-state index contributed by atoms with van der Waals surface area (Å²) in [6, 6.07) is 11.0. The highest BCUT2D eigenvalue weighted by atomic mass is 32.2. The average molecular weight is 581 g/mol. The number of hydrogen-bond acceptors (Lipinski definition) is 9. The first-order chi connectivity index (χ1) is 18.8. The lowest BCUT2D eigenvalue weighted by atomic mass is 9.94. The molecule has 2 N–H and O–H groups in total. The number of methoxy groups -OCH3 is 1. The van der Waals surface area contributed by atoms with Crippen LogP contribution in [-0.2, 0) is 43.2 Å². The highest BCUT2D eigenvalue weighted by Gasteiger charge is 2.49. The third-order valence-corrected chi connectivity index (χ3v) is 10.9. The number of benzene rings is 1. The van der Waals surface area contributed by atoms with E-state index in [1.165, 1.54) is 11.3 Å². The van der Waals surface area contributed by atoms with E-state index in [2.05, 4.69) is 10.8 Å². The lowest BCUT2D eigenvalue weighted by molar-refractivity contribution is -0.200. The van der Waals surface area contributed by atoms with Crippen LogP contribution >= 0.6 is 11.3 Å². The van der Waals surface area contributed by atoms with Gasteiger partial charge >= 0.3 is 0 Å². The maximum absolute atomic E-state index is 13.5. The largest absolute Gasteiger partial charge is 0.382 e. The summed E-state index contributed by atoms with van der Waals surface area (Å²) in [6.45, 7) is 1.22. The first-order valence-electron chi connectivity index (χ1n) is 13.2. The summed E-state index contributed by atoms with van der Waals surface area (Å²) in [4.78, 5) is 32.0. The van der Waals surface area contributed by atoms with Crippen molar-refractivity contribution in [1.29, 1.82) is 0 Å². The molecule has 3 heterocycles. The number of carbonyl (C=O) groups excluding carboxylic acids is 2. The van der Waals surface area contributed by atoms with Crippen molar-refractivity contribution in [1.82, 2.24) is 5.48 Å². The highest BCUT2D eigenvalue weighted by Crippen LogP contribution is 2.47. The minimum absolute atomic E-state index is 0.0358. The number of anilines is 1. The number of carbonyl (C=O) groups is 2. The van der Waals surface area contributed by atoms with Crippen molar-refractivity contribution in [3.05, 3.63) is 41.3 Å². The van der Waals surface area contributed by atoms with Gasteiger partial charge in [0.1, 0.15) is 11.4 Å². The van der Waals surface area contributed by atoms with E-state index in [0.717, 1.165) is 23.3 Å². The van der Waals surface area contributed by atoms with Crippen LogP contribution in [0.4, 0.5) is 5.69 Å². The molecule has 12 heteroatoms. The molecule has 214 valence electrons. The van der Waals surface area contributed by atoms with Gasteiger partial charge in [0.15, 0.2) is 16.1 Å². The summed E-state index contributed by atoms with van der Waals surface area (Å²) in [6.07, 6.45) is 3.49. The van der Waals surface area contributed by atoms with Crippen LogP contribution in [0.3, 0.4) is 0 Å². The lowest BCUT2D eigenvalue weighted by Gasteiger charge is -2.35. The normalized spacial score (nSPS) is 22.7. The van der Waals surface area contributed by atoms with Gasteiger partial charge in [0.25, 0.3) is 0 Å². The SMILES string of the molecule is COCCOCC(=O)Nc1cccc(-c2ccc([C@@]3(CC(=O)NOC4CCCCO4)CCCCS3(=O)=O)s2)c1. The molecule has 1 unspecified atom stereocenters. The van der Waals surface area contributed by atoms with E-state index in [1.807, 2.05) is 24.3 Å². The van der Waals surface area contributed by atoms with Crippen molar-refractivity contribution in [2.45, 2.75) is 56.0 Å². The Balaban J connectivity index is 1.49. The standard InChI is InChI=1S/C27H36N2O8S2/c1-34-14-15-35-19-25(31)28-21-8-6-7-20(17-21)22-10-11-23(38-22)27(12-3-5-16-39(27,32)33)18-24(30)29-37-26-9-2-4-13-36-26/h6-8,10-11,17,26H,2-5,9,12-16,18-19H2,1H3,(H,28,31)(H,29,30)/t26?,27-/m0/s1. The predicted molar refractivity (Wildman–Crippen MR) is 148 cm³/mol. The van der Waals surface area contributed by atoms with E-state index in [4.69, 9.17) is 19.0 Å². The Labute approximate surface area is 233 Å². The van der Waals surface area contributed by atoms with Gasteiger partial charge in [-0.15, -0.1) is 11.3 Å². The highest BCUT2D eigenvalue weighted by molar-refractivity contribution is 7.92. The van der Waals surface area contributed by atoms with Gasteiger partial charge in [0.2, 0.25) is 11.8 Å². The van der Waals surface area contributed by atoms with Crippen LogP contribution in [0.5, 0.6) is 0 Å². The van der Waals surface area contributed by atoms with Crippen molar-refractivity contribution in [2.24, 2.45) is 0 Å². The Morgan fingerprint density at radius 2 is 1.97 bits per heavy atom. The van der Waals surface area contributed by atoms with Crippen molar-refractivity contribution in [2.75, 3.05) is 44.6 Å². The fraction of sp³-hybridized carbons (Fsp3) is 0.556. The molecule has 2 fully saturated rings.